The van der Waals surface area contributed by atoms with Gasteiger partial charge in [0.25, 0.3) is 0 Å². The van der Waals surface area contributed by atoms with Gasteiger partial charge in [0.1, 0.15) is 0 Å². The normalized spacial score (nSPS) is 13.2. The van der Waals surface area contributed by atoms with Crippen LogP contribution in [-0.4, -0.2) is 0 Å². The average molecular weight is 531 g/mol. The van der Waals surface area contributed by atoms with Crippen molar-refractivity contribution >= 4 is 70.7 Å². The van der Waals surface area contributed by atoms with Crippen LogP contribution in [0.5, 0.6) is 0 Å². The number of aryl methyl sites for hydroxylation is 1. The van der Waals surface area contributed by atoms with Crippen molar-refractivity contribution in [3.05, 3.63) is 138 Å². The highest BCUT2D eigenvalue weighted by Gasteiger charge is 2.26. The van der Waals surface area contributed by atoms with Gasteiger partial charge in [-0.05, 0) is 123 Å². The third-order valence-electron chi connectivity index (χ3n) is 9.79. The van der Waals surface area contributed by atoms with Gasteiger partial charge in [0.05, 0.1) is 0 Å². The Morgan fingerprint density at radius 3 is 2.00 bits per heavy atom. The molecule has 0 spiro atoms. The van der Waals surface area contributed by atoms with Crippen molar-refractivity contribution in [1.82, 2.24) is 0 Å². The smallest absolute Gasteiger partial charge is 0.000751 e. The first-order valence-electron chi connectivity index (χ1n) is 15.0. The van der Waals surface area contributed by atoms with E-state index in [1.807, 2.05) is 0 Å². The fourth-order valence-corrected chi connectivity index (χ4v) is 8.18. The van der Waals surface area contributed by atoms with E-state index in [2.05, 4.69) is 133 Å². The van der Waals surface area contributed by atoms with E-state index in [-0.39, 0.29) is 0 Å². The molecule has 0 N–H and O–H groups in total. The summed E-state index contributed by atoms with van der Waals surface area (Å²) >= 11 is 0. The first-order valence-corrected chi connectivity index (χ1v) is 15.0. The first-order chi connectivity index (χ1) is 20.9. The molecule has 9 aromatic rings. The molecule has 9 aromatic carbocycles. The summed E-state index contributed by atoms with van der Waals surface area (Å²) in [6, 6.07) is 47.6. The third kappa shape index (κ3) is 2.82. The monoisotopic (exact) mass is 530 g/mol. The molecule has 10 rings (SSSR count). The number of benzene rings is 7. The molecule has 1 aliphatic carbocycles. The molecule has 42 heavy (non-hydrogen) atoms. The van der Waals surface area contributed by atoms with Gasteiger partial charge in [-0.25, -0.2) is 0 Å². The molecule has 0 saturated carbocycles. The molecule has 0 amide bonds. The summed E-state index contributed by atoms with van der Waals surface area (Å²) < 4.78 is 0. The van der Waals surface area contributed by atoms with Crippen molar-refractivity contribution in [2.75, 3.05) is 0 Å². The molecule has 0 saturated heterocycles. The maximum absolute atomic E-state index is 2.50. The SMILES string of the molecule is C1=c2cccc3c2c(c2c(-c4ccccc4)c4cc(-c5cccc6ccccc56)cc5c6ccccc6c(c45)c23)CC1. The quantitative estimate of drug-likeness (QED) is 0.208. The lowest BCUT2D eigenvalue weighted by atomic mass is 9.87. The Bertz CT molecular complexity index is 2600. The second kappa shape index (κ2) is 8.18. The molecule has 0 heterocycles. The Morgan fingerprint density at radius 2 is 1.10 bits per heavy atom. The van der Waals surface area contributed by atoms with Gasteiger partial charge in [0, 0.05) is 0 Å². The minimum Gasteiger partial charge on any atom is -0.0763 e. The molecule has 1 aliphatic rings. The van der Waals surface area contributed by atoms with Crippen molar-refractivity contribution in [1.29, 1.82) is 0 Å². The second-order valence-corrected chi connectivity index (χ2v) is 11.9. The largest absolute Gasteiger partial charge is 0.0763 e. The lowest BCUT2D eigenvalue weighted by Crippen LogP contribution is -2.06. The van der Waals surface area contributed by atoms with Crippen molar-refractivity contribution in [3.8, 4) is 22.3 Å². The van der Waals surface area contributed by atoms with E-state index < -0.39 is 0 Å². The molecule has 0 nitrogen and oxygen atoms in total. The van der Waals surface area contributed by atoms with Crippen LogP contribution in [0.25, 0.3) is 93.0 Å². The zero-order valence-electron chi connectivity index (χ0n) is 23.1. The summed E-state index contributed by atoms with van der Waals surface area (Å²) in [7, 11) is 0. The summed E-state index contributed by atoms with van der Waals surface area (Å²) in [5.41, 5.74) is 6.79. The zero-order chi connectivity index (χ0) is 27.4. The summed E-state index contributed by atoms with van der Waals surface area (Å²) in [5.74, 6) is 0. The summed E-state index contributed by atoms with van der Waals surface area (Å²) in [4.78, 5) is 0. The van der Waals surface area contributed by atoms with Crippen molar-refractivity contribution < 1.29 is 0 Å². The van der Waals surface area contributed by atoms with Gasteiger partial charge < -0.3 is 0 Å². The Kier molecular flexibility index (Phi) is 4.38. The predicted molar refractivity (Wildman–Crippen MR) is 182 cm³/mol. The predicted octanol–water partition coefficient (Wildman–Crippen LogP) is 10.8. The fourth-order valence-electron chi connectivity index (χ4n) is 8.18. The molecule has 0 radical (unpaired) electrons. The highest BCUT2D eigenvalue weighted by atomic mass is 14.3. The summed E-state index contributed by atoms with van der Waals surface area (Å²) in [6.45, 7) is 0. The molecule has 0 bridgehead atoms. The Hall–Kier alpha value is -5.20. The molecule has 0 unspecified atom stereocenters. The number of hydrogen-bond acceptors (Lipinski definition) is 0. The van der Waals surface area contributed by atoms with Gasteiger partial charge in [0.2, 0.25) is 0 Å². The van der Waals surface area contributed by atoms with Crippen LogP contribution < -0.4 is 5.22 Å². The maximum Gasteiger partial charge on any atom is -0.000751 e. The van der Waals surface area contributed by atoms with Gasteiger partial charge in [-0.15, -0.1) is 0 Å². The van der Waals surface area contributed by atoms with E-state index in [1.54, 1.807) is 0 Å². The fraction of sp³-hybridized carbons (Fsp3) is 0.0476. The van der Waals surface area contributed by atoms with E-state index in [0.29, 0.717) is 0 Å². The van der Waals surface area contributed by atoms with E-state index >= 15 is 0 Å². The number of fused-ring (bicyclic) bond motifs is 8. The molecule has 0 aliphatic heterocycles. The third-order valence-corrected chi connectivity index (χ3v) is 9.79. The van der Waals surface area contributed by atoms with Crippen molar-refractivity contribution in [3.63, 3.8) is 0 Å². The zero-order valence-corrected chi connectivity index (χ0v) is 23.1. The summed E-state index contributed by atoms with van der Waals surface area (Å²) in [6.07, 6.45) is 4.61. The van der Waals surface area contributed by atoms with Crippen LogP contribution in [0, 0.1) is 0 Å². The molecule has 0 heteroatoms. The lowest BCUT2D eigenvalue weighted by Gasteiger charge is -2.16. The van der Waals surface area contributed by atoms with Gasteiger partial charge in [-0.1, -0.05) is 121 Å². The van der Waals surface area contributed by atoms with Crippen LogP contribution in [0.1, 0.15) is 12.0 Å². The van der Waals surface area contributed by atoms with Crippen LogP contribution in [0.15, 0.2) is 127 Å². The summed E-state index contributed by atoms with van der Waals surface area (Å²) in [5, 5.41) is 18.0. The molecule has 194 valence electrons. The van der Waals surface area contributed by atoms with Gasteiger partial charge in [-0.3, -0.25) is 0 Å². The van der Waals surface area contributed by atoms with Gasteiger partial charge in [0.15, 0.2) is 0 Å². The highest BCUT2D eigenvalue weighted by Crippen LogP contribution is 2.53. The number of rotatable bonds is 2. The van der Waals surface area contributed by atoms with Crippen LogP contribution in [0.3, 0.4) is 0 Å². The van der Waals surface area contributed by atoms with E-state index in [9.17, 15) is 0 Å². The van der Waals surface area contributed by atoms with Crippen molar-refractivity contribution in [2.45, 2.75) is 12.8 Å². The number of hydrogen-bond donors (Lipinski definition) is 0. The topological polar surface area (TPSA) is 0 Å². The van der Waals surface area contributed by atoms with Crippen LogP contribution >= 0.6 is 0 Å². The molecule has 0 fully saturated rings. The standard InChI is InChI=1S/C42H26/c1-2-12-27(13-3-1)38-36-24-28(30-20-8-14-25-11-4-5-17-29(25)30)23-35-31-18-6-7-19-32(31)40(39(35)36)42-34-22-10-16-26-15-9-21-33(37(26)34)41(38)42/h1-8,10-20,22-24H,9,21H2. The molecule has 0 atom stereocenters. The van der Waals surface area contributed by atoms with E-state index in [0.717, 1.165) is 12.8 Å². The lowest BCUT2D eigenvalue weighted by molar-refractivity contribution is 1.05. The van der Waals surface area contributed by atoms with Gasteiger partial charge >= 0.3 is 0 Å². The minimum absolute atomic E-state index is 1.08. The van der Waals surface area contributed by atoms with Crippen LogP contribution in [0.2, 0.25) is 0 Å². The van der Waals surface area contributed by atoms with E-state index in [1.165, 1.54) is 97.7 Å². The minimum atomic E-state index is 1.08. The maximum atomic E-state index is 2.50. The Balaban J connectivity index is 1.53. The second-order valence-electron chi connectivity index (χ2n) is 11.9. The van der Waals surface area contributed by atoms with E-state index in [4.69, 9.17) is 0 Å². The average Bonchev–Trinajstić information content (AvgIpc) is 3.56. The molecular formula is C42H26. The van der Waals surface area contributed by atoms with Gasteiger partial charge in [-0.2, -0.15) is 0 Å². The van der Waals surface area contributed by atoms with Crippen LogP contribution in [0.4, 0.5) is 0 Å². The Morgan fingerprint density at radius 1 is 0.405 bits per heavy atom. The highest BCUT2D eigenvalue weighted by molar-refractivity contribution is 6.44. The molecule has 0 aromatic heterocycles. The van der Waals surface area contributed by atoms with Crippen LogP contribution in [-0.2, 0) is 6.42 Å². The first kappa shape index (κ1) is 22.5. The molecular weight excluding hydrogens is 504 g/mol. The Labute approximate surface area is 243 Å². The van der Waals surface area contributed by atoms with Crippen molar-refractivity contribution in [2.24, 2.45) is 0 Å².